The largest absolute Gasteiger partial charge is 0.454 e. The Labute approximate surface area is 185 Å². The molecule has 0 spiro atoms. The summed E-state index contributed by atoms with van der Waals surface area (Å²) in [4.78, 5) is 28.8. The van der Waals surface area contributed by atoms with Gasteiger partial charge < -0.3 is 14.8 Å². The van der Waals surface area contributed by atoms with Crippen molar-refractivity contribution in [3.8, 4) is 11.5 Å². The number of halogens is 2. The van der Waals surface area contributed by atoms with Crippen LogP contribution in [0.25, 0.3) is 0 Å². The van der Waals surface area contributed by atoms with E-state index in [1.165, 1.54) is 23.5 Å². The minimum Gasteiger partial charge on any atom is -0.454 e. The summed E-state index contributed by atoms with van der Waals surface area (Å²) in [5.74, 6) is 0.801. The van der Waals surface area contributed by atoms with Crippen molar-refractivity contribution in [1.29, 1.82) is 0 Å². The highest BCUT2D eigenvalue weighted by molar-refractivity contribution is 7.14. The number of carbonyl (C=O) groups excluding carboxylic acids is 2. The molecule has 1 aliphatic rings. The zero-order valence-corrected chi connectivity index (χ0v) is 17.7. The molecule has 2 heterocycles. The molecule has 3 aromatic rings. The van der Waals surface area contributed by atoms with Crippen LogP contribution in [0.5, 0.6) is 11.5 Å². The van der Waals surface area contributed by atoms with Gasteiger partial charge in [-0.05, 0) is 35.9 Å². The molecule has 2 N–H and O–H groups in total. The fourth-order valence-corrected chi connectivity index (χ4v) is 4.01. The summed E-state index contributed by atoms with van der Waals surface area (Å²) < 4.78 is 10.6. The number of hydrogen-bond donors (Lipinski definition) is 2. The molecule has 2 aromatic carbocycles. The van der Waals surface area contributed by atoms with Crippen LogP contribution in [0.2, 0.25) is 10.0 Å². The van der Waals surface area contributed by atoms with Crippen LogP contribution >= 0.6 is 34.5 Å². The first-order chi connectivity index (χ1) is 14.5. The first-order valence-electron chi connectivity index (χ1n) is 8.83. The van der Waals surface area contributed by atoms with Gasteiger partial charge in [-0.15, -0.1) is 11.3 Å². The highest BCUT2D eigenvalue weighted by atomic mass is 35.5. The number of hydrogen-bond acceptors (Lipinski definition) is 6. The van der Waals surface area contributed by atoms with Crippen LogP contribution in [-0.2, 0) is 17.8 Å². The van der Waals surface area contributed by atoms with E-state index in [4.69, 9.17) is 32.7 Å². The topological polar surface area (TPSA) is 89.6 Å². The molecule has 10 heteroatoms. The van der Waals surface area contributed by atoms with Crippen molar-refractivity contribution in [2.75, 3.05) is 12.1 Å². The van der Waals surface area contributed by atoms with E-state index < -0.39 is 0 Å². The summed E-state index contributed by atoms with van der Waals surface area (Å²) in [6.45, 7) is 0.566. The van der Waals surface area contributed by atoms with Crippen molar-refractivity contribution in [2.24, 2.45) is 0 Å². The van der Waals surface area contributed by atoms with Crippen LogP contribution in [0, 0.1) is 0 Å². The van der Waals surface area contributed by atoms with Crippen molar-refractivity contribution in [1.82, 2.24) is 10.3 Å². The Bertz CT molecular complexity index is 1100. The van der Waals surface area contributed by atoms with Gasteiger partial charge in [0.15, 0.2) is 16.6 Å². The highest BCUT2D eigenvalue weighted by Crippen LogP contribution is 2.32. The maximum atomic E-state index is 12.3. The van der Waals surface area contributed by atoms with E-state index in [9.17, 15) is 9.59 Å². The van der Waals surface area contributed by atoms with Gasteiger partial charge in [-0.25, -0.2) is 4.98 Å². The quantitative estimate of drug-likeness (QED) is 0.568. The Hall–Kier alpha value is -2.81. The Morgan fingerprint density at radius 1 is 1.07 bits per heavy atom. The fourth-order valence-electron chi connectivity index (χ4n) is 2.78. The number of nitrogens with zero attached hydrogens (tertiary/aromatic N) is 1. The average molecular weight is 464 g/mol. The molecule has 0 bridgehead atoms. The normalized spacial score (nSPS) is 11.9. The second-order valence-corrected chi connectivity index (χ2v) is 8.13. The third-order valence-electron chi connectivity index (χ3n) is 4.17. The molecule has 4 rings (SSSR count). The Morgan fingerprint density at radius 3 is 2.63 bits per heavy atom. The number of aromatic nitrogens is 1. The van der Waals surface area contributed by atoms with Gasteiger partial charge in [0.25, 0.3) is 5.91 Å². The van der Waals surface area contributed by atoms with Crippen LogP contribution < -0.4 is 20.1 Å². The molecule has 0 aliphatic carbocycles. The molecule has 0 unspecified atom stereocenters. The molecular formula is C20H15Cl2N3O4S. The maximum absolute atomic E-state index is 12.3. The predicted molar refractivity (Wildman–Crippen MR) is 115 cm³/mol. The summed E-state index contributed by atoms with van der Waals surface area (Å²) in [6, 6.07) is 10.1. The van der Waals surface area contributed by atoms with Gasteiger partial charge in [0.05, 0.1) is 12.1 Å². The van der Waals surface area contributed by atoms with Gasteiger partial charge in [0.1, 0.15) is 0 Å². The van der Waals surface area contributed by atoms with E-state index >= 15 is 0 Å². The van der Waals surface area contributed by atoms with Crippen LogP contribution in [0.3, 0.4) is 0 Å². The van der Waals surface area contributed by atoms with Gasteiger partial charge >= 0.3 is 0 Å². The van der Waals surface area contributed by atoms with Crippen molar-refractivity contribution < 1.29 is 19.1 Å². The third-order valence-corrected chi connectivity index (χ3v) is 5.41. The molecule has 154 valence electrons. The number of ether oxygens (including phenoxy) is 2. The molecule has 0 atom stereocenters. The zero-order valence-electron chi connectivity index (χ0n) is 15.4. The molecule has 30 heavy (non-hydrogen) atoms. The number of rotatable bonds is 6. The molecular weight excluding hydrogens is 449 g/mol. The minimum atomic E-state index is -0.382. The standard InChI is InChI=1S/C20H15Cl2N3O4S/c21-13-4-12(5-14(22)6-13)19(27)25-20-24-15(9-30-20)7-18(26)23-8-11-1-2-16-17(3-11)29-10-28-16/h1-6,9H,7-8,10H2,(H,23,26)(H,24,25,27). The van der Waals surface area contributed by atoms with Gasteiger partial charge in [-0.3, -0.25) is 14.9 Å². The first kappa shape index (κ1) is 20.5. The maximum Gasteiger partial charge on any atom is 0.257 e. The van der Waals surface area contributed by atoms with E-state index in [0.717, 1.165) is 5.56 Å². The molecule has 1 aromatic heterocycles. The molecule has 1 aliphatic heterocycles. The lowest BCUT2D eigenvalue weighted by Gasteiger charge is -2.05. The minimum absolute atomic E-state index is 0.0971. The second kappa shape index (κ2) is 8.91. The highest BCUT2D eigenvalue weighted by Gasteiger charge is 2.15. The van der Waals surface area contributed by atoms with E-state index in [-0.39, 0.29) is 25.0 Å². The van der Waals surface area contributed by atoms with Gasteiger partial charge in [-0.2, -0.15) is 0 Å². The predicted octanol–water partition coefficient (Wildman–Crippen LogP) is 4.29. The molecule has 0 fully saturated rings. The number of benzene rings is 2. The SMILES string of the molecule is O=C(Cc1csc(NC(=O)c2cc(Cl)cc(Cl)c2)n1)NCc1ccc2c(c1)OCO2. The lowest BCUT2D eigenvalue weighted by atomic mass is 10.2. The van der Waals surface area contributed by atoms with Gasteiger partial charge in [0, 0.05) is 27.5 Å². The zero-order chi connectivity index (χ0) is 21.1. The smallest absolute Gasteiger partial charge is 0.257 e. The van der Waals surface area contributed by atoms with E-state index in [1.54, 1.807) is 11.4 Å². The first-order valence-corrected chi connectivity index (χ1v) is 10.5. The number of anilines is 1. The molecule has 7 nitrogen and oxygen atoms in total. The lowest BCUT2D eigenvalue weighted by molar-refractivity contribution is -0.120. The second-order valence-electron chi connectivity index (χ2n) is 6.40. The van der Waals surface area contributed by atoms with E-state index in [1.807, 2.05) is 18.2 Å². The summed E-state index contributed by atoms with van der Waals surface area (Å²) >= 11 is 13.1. The third kappa shape index (κ3) is 5.02. The monoisotopic (exact) mass is 463 g/mol. The lowest BCUT2D eigenvalue weighted by Crippen LogP contribution is -2.24. The number of thiazole rings is 1. The van der Waals surface area contributed by atoms with Crippen LogP contribution in [0.1, 0.15) is 21.6 Å². The van der Waals surface area contributed by atoms with Crippen molar-refractivity contribution in [3.05, 3.63) is 68.6 Å². The summed E-state index contributed by atoms with van der Waals surface area (Å²) in [5, 5.41) is 8.36. The van der Waals surface area contributed by atoms with Crippen molar-refractivity contribution in [2.45, 2.75) is 13.0 Å². The summed E-state index contributed by atoms with van der Waals surface area (Å²) in [5.41, 5.74) is 1.78. The molecule has 0 saturated carbocycles. The Morgan fingerprint density at radius 2 is 1.83 bits per heavy atom. The Balaban J connectivity index is 1.30. The Kier molecular flexibility index (Phi) is 6.08. The number of fused-ring (bicyclic) bond motifs is 1. The van der Waals surface area contributed by atoms with Crippen LogP contribution in [0.15, 0.2) is 41.8 Å². The summed E-state index contributed by atoms with van der Waals surface area (Å²) in [6.07, 6.45) is 0.0971. The number of carbonyl (C=O) groups is 2. The van der Waals surface area contributed by atoms with Crippen LogP contribution in [-0.4, -0.2) is 23.6 Å². The van der Waals surface area contributed by atoms with E-state index in [2.05, 4.69) is 15.6 Å². The number of nitrogens with one attached hydrogen (secondary N) is 2. The number of amides is 2. The summed E-state index contributed by atoms with van der Waals surface area (Å²) in [7, 11) is 0. The van der Waals surface area contributed by atoms with Crippen molar-refractivity contribution >= 4 is 51.5 Å². The molecule has 0 saturated heterocycles. The average Bonchev–Trinajstić information content (AvgIpc) is 3.34. The fraction of sp³-hybridized carbons (Fsp3) is 0.150. The van der Waals surface area contributed by atoms with Crippen LogP contribution in [0.4, 0.5) is 5.13 Å². The molecule has 2 amide bonds. The van der Waals surface area contributed by atoms with Gasteiger partial charge in [-0.1, -0.05) is 29.3 Å². The van der Waals surface area contributed by atoms with E-state index in [0.29, 0.717) is 44.5 Å². The van der Waals surface area contributed by atoms with Crippen molar-refractivity contribution in [3.63, 3.8) is 0 Å². The van der Waals surface area contributed by atoms with Gasteiger partial charge in [0.2, 0.25) is 12.7 Å². The molecule has 0 radical (unpaired) electrons.